The molecule has 1 aliphatic rings. The highest BCUT2D eigenvalue weighted by molar-refractivity contribution is 5.82. The normalized spacial score (nSPS) is 24.6. The van der Waals surface area contributed by atoms with Crippen LogP contribution in [0.3, 0.4) is 0 Å². The second kappa shape index (κ2) is 12.9. The van der Waals surface area contributed by atoms with Crippen molar-refractivity contribution in [2.45, 2.75) is 69.9 Å². The minimum atomic E-state index is -0.823. The molecule has 0 N–H and O–H groups in total. The zero-order valence-corrected chi connectivity index (χ0v) is 23.3. The van der Waals surface area contributed by atoms with Gasteiger partial charge < -0.3 is 23.7 Å². The molecule has 208 valence electrons. The average Bonchev–Trinajstić information content (AvgIpc) is 2.97. The molecule has 0 saturated carbocycles. The zero-order chi connectivity index (χ0) is 27.8. The number of hydrogen-bond donors (Lipinski definition) is 0. The number of aldehydes is 1. The molecule has 1 saturated heterocycles. The van der Waals surface area contributed by atoms with Gasteiger partial charge in [0.25, 0.3) is 0 Å². The third-order valence-electron chi connectivity index (χ3n) is 7.80. The van der Waals surface area contributed by atoms with E-state index in [1.807, 2.05) is 74.5 Å². The third kappa shape index (κ3) is 6.86. The molecule has 5 nitrogen and oxygen atoms in total. The first-order valence-electron chi connectivity index (χ1n) is 14.0. The van der Waals surface area contributed by atoms with Gasteiger partial charge in [0, 0.05) is 12.8 Å². The first-order valence-corrected chi connectivity index (χ1v) is 14.0. The Morgan fingerprint density at radius 3 is 1.95 bits per heavy atom. The lowest BCUT2D eigenvalue weighted by molar-refractivity contribution is -0.294. The standard InChI is InChI=1S/C35H38O5/c1-34(19-20-36)32(39-25-29-17-18-30-15-9-10-16-31(30)21-29)22-33(38-24-28-13-7-4-8-14-28)35(2,40-34)26-37-23-27-11-5-3-6-12-27/h3-18,20-21,32-33H,19,22-26H2,1-2H3/t32-,33+,34+,35-/m0/s1. The molecule has 0 aliphatic carbocycles. The van der Waals surface area contributed by atoms with E-state index in [9.17, 15) is 4.79 Å². The molecule has 1 aliphatic heterocycles. The Labute approximate surface area is 237 Å². The maximum atomic E-state index is 11.8. The molecular weight excluding hydrogens is 500 g/mol. The number of ether oxygens (including phenoxy) is 4. The molecule has 0 amide bonds. The van der Waals surface area contributed by atoms with Gasteiger partial charge in [-0.1, -0.05) is 97.1 Å². The van der Waals surface area contributed by atoms with E-state index in [4.69, 9.17) is 18.9 Å². The molecule has 4 aromatic rings. The average molecular weight is 539 g/mol. The molecule has 5 rings (SSSR count). The minimum absolute atomic E-state index is 0.217. The number of fused-ring (bicyclic) bond motifs is 1. The molecule has 4 aromatic carbocycles. The van der Waals surface area contributed by atoms with Gasteiger partial charge in [0.2, 0.25) is 0 Å². The van der Waals surface area contributed by atoms with Crippen molar-refractivity contribution in [2.24, 2.45) is 0 Å². The van der Waals surface area contributed by atoms with Crippen LogP contribution in [0.4, 0.5) is 0 Å². The van der Waals surface area contributed by atoms with Gasteiger partial charge in [-0.2, -0.15) is 0 Å². The molecule has 0 bridgehead atoms. The lowest BCUT2D eigenvalue weighted by atomic mass is 9.81. The Kier molecular flexibility index (Phi) is 9.08. The van der Waals surface area contributed by atoms with Crippen molar-refractivity contribution in [3.8, 4) is 0 Å². The van der Waals surface area contributed by atoms with Gasteiger partial charge >= 0.3 is 0 Å². The fourth-order valence-electron chi connectivity index (χ4n) is 5.55. The monoisotopic (exact) mass is 538 g/mol. The second-order valence-electron chi connectivity index (χ2n) is 11.1. The van der Waals surface area contributed by atoms with Crippen LogP contribution in [-0.2, 0) is 43.6 Å². The summed E-state index contributed by atoms with van der Waals surface area (Å²) in [5.74, 6) is 0. The number of carbonyl (C=O) groups is 1. The Bertz CT molecular complexity index is 1370. The molecule has 0 radical (unpaired) electrons. The van der Waals surface area contributed by atoms with Gasteiger partial charge in [0.1, 0.15) is 11.9 Å². The van der Waals surface area contributed by atoms with Gasteiger partial charge in [0.15, 0.2) is 0 Å². The van der Waals surface area contributed by atoms with Crippen molar-refractivity contribution in [1.82, 2.24) is 0 Å². The minimum Gasteiger partial charge on any atom is -0.374 e. The fourth-order valence-corrected chi connectivity index (χ4v) is 5.55. The highest BCUT2D eigenvalue weighted by Gasteiger charge is 2.53. The van der Waals surface area contributed by atoms with Crippen LogP contribution >= 0.6 is 0 Å². The van der Waals surface area contributed by atoms with Gasteiger partial charge in [0.05, 0.1) is 44.2 Å². The third-order valence-corrected chi connectivity index (χ3v) is 7.80. The van der Waals surface area contributed by atoms with E-state index in [1.165, 1.54) is 10.8 Å². The summed E-state index contributed by atoms with van der Waals surface area (Å²) >= 11 is 0. The van der Waals surface area contributed by atoms with E-state index < -0.39 is 11.2 Å². The first-order chi connectivity index (χ1) is 19.5. The SMILES string of the molecule is C[C@]1(CC=O)O[C@@](C)(COCc2ccccc2)[C@H](OCc2ccccc2)C[C@@H]1OCc1ccc2ccccc2c1. The van der Waals surface area contributed by atoms with Gasteiger partial charge in [-0.15, -0.1) is 0 Å². The van der Waals surface area contributed by atoms with E-state index in [1.54, 1.807) is 0 Å². The molecule has 1 heterocycles. The summed E-state index contributed by atoms with van der Waals surface area (Å²) in [5, 5.41) is 2.37. The van der Waals surface area contributed by atoms with Crippen molar-refractivity contribution in [2.75, 3.05) is 6.61 Å². The van der Waals surface area contributed by atoms with Crippen molar-refractivity contribution in [1.29, 1.82) is 0 Å². The Hall–Kier alpha value is -3.35. The van der Waals surface area contributed by atoms with Crippen LogP contribution in [0.1, 0.15) is 43.4 Å². The van der Waals surface area contributed by atoms with Crippen molar-refractivity contribution >= 4 is 17.1 Å². The summed E-state index contributed by atoms with van der Waals surface area (Å²) < 4.78 is 26.0. The number of benzene rings is 4. The maximum absolute atomic E-state index is 11.8. The highest BCUT2D eigenvalue weighted by Crippen LogP contribution is 2.41. The molecule has 0 spiro atoms. The smallest absolute Gasteiger partial charge is 0.122 e. The van der Waals surface area contributed by atoms with E-state index in [2.05, 4.69) is 42.5 Å². The molecule has 40 heavy (non-hydrogen) atoms. The highest BCUT2D eigenvalue weighted by atomic mass is 16.6. The summed E-state index contributed by atoms with van der Waals surface area (Å²) in [6.07, 6.45) is 1.07. The molecule has 0 unspecified atom stereocenters. The number of carbonyl (C=O) groups excluding carboxylic acids is 1. The predicted molar refractivity (Wildman–Crippen MR) is 157 cm³/mol. The number of rotatable bonds is 12. The molecular formula is C35H38O5. The van der Waals surface area contributed by atoms with Gasteiger partial charge in [-0.3, -0.25) is 0 Å². The van der Waals surface area contributed by atoms with Crippen molar-refractivity contribution in [3.05, 3.63) is 120 Å². The van der Waals surface area contributed by atoms with E-state index in [0.29, 0.717) is 32.8 Å². The van der Waals surface area contributed by atoms with Crippen molar-refractivity contribution in [3.63, 3.8) is 0 Å². The van der Waals surface area contributed by atoms with E-state index >= 15 is 0 Å². The quantitative estimate of drug-likeness (QED) is 0.181. The van der Waals surface area contributed by atoms with Crippen LogP contribution in [0.25, 0.3) is 10.8 Å². The van der Waals surface area contributed by atoms with Crippen LogP contribution in [0.2, 0.25) is 0 Å². The molecule has 4 atom stereocenters. The van der Waals surface area contributed by atoms with Crippen LogP contribution in [0.5, 0.6) is 0 Å². The predicted octanol–water partition coefficient (Wildman–Crippen LogP) is 7.05. The summed E-state index contributed by atoms with van der Waals surface area (Å²) in [4.78, 5) is 11.8. The van der Waals surface area contributed by atoms with Crippen LogP contribution in [0.15, 0.2) is 103 Å². The zero-order valence-electron chi connectivity index (χ0n) is 23.3. The lowest BCUT2D eigenvalue weighted by Crippen LogP contribution is -2.63. The van der Waals surface area contributed by atoms with Gasteiger partial charge in [-0.05, 0) is 47.4 Å². The summed E-state index contributed by atoms with van der Waals surface area (Å²) in [6, 6.07) is 34.8. The van der Waals surface area contributed by atoms with Crippen LogP contribution in [0, 0.1) is 0 Å². The second-order valence-corrected chi connectivity index (χ2v) is 11.1. The van der Waals surface area contributed by atoms with E-state index in [0.717, 1.165) is 23.0 Å². The summed E-state index contributed by atoms with van der Waals surface area (Å²) in [5.41, 5.74) is 1.66. The summed E-state index contributed by atoms with van der Waals surface area (Å²) in [7, 11) is 0. The molecule has 0 aromatic heterocycles. The lowest BCUT2D eigenvalue weighted by Gasteiger charge is -2.52. The Morgan fingerprint density at radius 1 is 0.700 bits per heavy atom. The summed E-state index contributed by atoms with van der Waals surface area (Å²) in [6.45, 7) is 5.65. The van der Waals surface area contributed by atoms with Crippen molar-refractivity contribution < 1.29 is 23.7 Å². The molecule has 1 fully saturated rings. The van der Waals surface area contributed by atoms with E-state index in [-0.39, 0.29) is 18.6 Å². The Balaban J connectivity index is 1.34. The van der Waals surface area contributed by atoms with Crippen LogP contribution < -0.4 is 0 Å². The maximum Gasteiger partial charge on any atom is 0.122 e. The van der Waals surface area contributed by atoms with Crippen LogP contribution in [-0.4, -0.2) is 36.3 Å². The number of hydrogen-bond acceptors (Lipinski definition) is 5. The fraction of sp³-hybridized carbons (Fsp3) is 0.343. The first kappa shape index (κ1) is 28.2. The topological polar surface area (TPSA) is 54.0 Å². The molecule has 5 heteroatoms. The Morgan fingerprint density at radius 2 is 1.27 bits per heavy atom. The van der Waals surface area contributed by atoms with Gasteiger partial charge in [-0.25, -0.2) is 0 Å². The largest absolute Gasteiger partial charge is 0.374 e.